The van der Waals surface area contributed by atoms with Gasteiger partial charge in [0.2, 0.25) is 11.8 Å². The van der Waals surface area contributed by atoms with Crippen LogP contribution in [-0.2, 0) is 25.7 Å². The van der Waals surface area contributed by atoms with Gasteiger partial charge in [0, 0.05) is 13.1 Å². The van der Waals surface area contributed by atoms with Crippen LogP contribution in [0.15, 0.2) is 76.1 Å². The van der Waals surface area contributed by atoms with Crippen LogP contribution < -0.4 is 5.43 Å². The highest BCUT2D eigenvalue weighted by Crippen LogP contribution is 2.54. The standard InChI is InChI=1S/C29H26N2O6/c1-30-26(33)23-21(13-12-19-17-36-22-11-6-5-10-20(22)25(19)32)31-15-7-14-29(31,24(23)27(30)34)28(35)37-16-18-8-3-2-4-9-18/h2-6,8-13,17,21,23-24H,7,14-16H2,1H3/b13-12+/t21-,23+,24-,29+/m0/s1. The highest BCUT2D eigenvalue weighted by Gasteiger charge is 2.72. The molecule has 3 aromatic rings. The molecule has 1 aromatic heterocycles. The van der Waals surface area contributed by atoms with Crippen molar-refractivity contribution >= 4 is 34.8 Å². The van der Waals surface area contributed by atoms with Gasteiger partial charge < -0.3 is 9.15 Å². The van der Waals surface area contributed by atoms with Crippen LogP contribution in [0.1, 0.15) is 24.0 Å². The van der Waals surface area contributed by atoms with Gasteiger partial charge in [-0.05, 0) is 37.1 Å². The largest absolute Gasteiger partial charge is 0.463 e. The van der Waals surface area contributed by atoms with E-state index in [1.165, 1.54) is 13.3 Å². The van der Waals surface area contributed by atoms with Crippen LogP contribution in [0.25, 0.3) is 17.0 Å². The number of hydrogen-bond donors (Lipinski definition) is 0. The second-order valence-corrected chi connectivity index (χ2v) is 9.89. The number of ether oxygens (including phenoxy) is 1. The number of esters is 1. The zero-order chi connectivity index (χ0) is 25.7. The molecule has 188 valence electrons. The molecule has 0 aliphatic carbocycles. The molecule has 4 heterocycles. The molecule has 2 aromatic carbocycles. The minimum absolute atomic E-state index is 0.0866. The molecular formula is C29H26N2O6. The van der Waals surface area contributed by atoms with E-state index in [1.54, 1.807) is 36.4 Å². The zero-order valence-corrected chi connectivity index (χ0v) is 20.3. The van der Waals surface area contributed by atoms with E-state index in [4.69, 9.17) is 9.15 Å². The number of fused-ring (bicyclic) bond motifs is 4. The average molecular weight is 499 g/mol. The smallest absolute Gasteiger partial charge is 0.327 e. The summed E-state index contributed by atoms with van der Waals surface area (Å²) in [5, 5.41) is 0.459. The maximum Gasteiger partial charge on any atom is 0.327 e. The molecule has 3 fully saturated rings. The highest BCUT2D eigenvalue weighted by molar-refractivity contribution is 6.09. The molecule has 0 unspecified atom stereocenters. The van der Waals surface area contributed by atoms with Crippen molar-refractivity contribution in [3.8, 4) is 0 Å². The summed E-state index contributed by atoms with van der Waals surface area (Å²) in [4.78, 5) is 56.4. The molecule has 4 atom stereocenters. The van der Waals surface area contributed by atoms with Crippen LogP contribution in [0, 0.1) is 11.8 Å². The molecule has 8 heteroatoms. The summed E-state index contributed by atoms with van der Waals surface area (Å²) in [6.45, 7) is 0.627. The van der Waals surface area contributed by atoms with E-state index in [-0.39, 0.29) is 23.9 Å². The van der Waals surface area contributed by atoms with Crippen molar-refractivity contribution < 1.29 is 23.5 Å². The summed E-state index contributed by atoms with van der Waals surface area (Å²) in [7, 11) is 1.46. The van der Waals surface area contributed by atoms with E-state index in [9.17, 15) is 19.2 Å². The lowest BCUT2D eigenvalue weighted by atomic mass is 9.78. The van der Waals surface area contributed by atoms with Gasteiger partial charge in [-0.25, -0.2) is 0 Å². The predicted molar refractivity (Wildman–Crippen MR) is 135 cm³/mol. The van der Waals surface area contributed by atoms with Crippen molar-refractivity contribution in [3.63, 3.8) is 0 Å². The quantitative estimate of drug-likeness (QED) is 0.394. The lowest BCUT2D eigenvalue weighted by molar-refractivity contribution is -0.162. The Morgan fingerprint density at radius 1 is 1.08 bits per heavy atom. The maximum atomic E-state index is 13.7. The lowest BCUT2D eigenvalue weighted by Crippen LogP contribution is -2.55. The van der Waals surface area contributed by atoms with E-state index >= 15 is 0 Å². The van der Waals surface area contributed by atoms with Gasteiger partial charge in [-0.3, -0.25) is 29.0 Å². The molecule has 2 amide bonds. The molecule has 6 rings (SSSR count). The second-order valence-electron chi connectivity index (χ2n) is 9.89. The van der Waals surface area contributed by atoms with E-state index in [0.29, 0.717) is 35.9 Å². The Labute approximate surface area is 213 Å². The molecule has 0 bridgehead atoms. The summed E-state index contributed by atoms with van der Waals surface area (Å²) >= 11 is 0. The Kier molecular flexibility index (Phi) is 5.56. The monoisotopic (exact) mass is 498 g/mol. The summed E-state index contributed by atoms with van der Waals surface area (Å²) in [5.74, 6) is -2.73. The Morgan fingerprint density at radius 2 is 1.84 bits per heavy atom. The normalized spacial score (nSPS) is 27.3. The number of hydrogen-bond acceptors (Lipinski definition) is 7. The number of likely N-dealkylation sites (tertiary alicyclic amines) is 1. The molecule has 0 radical (unpaired) electrons. The number of imide groups is 1. The minimum atomic E-state index is -1.22. The molecule has 8 nitrogen and oxygen atoms in total. The zero-order valence-electron chi connectivity index (χ0n) is 20.3. The third kappa shape index (κ3) is 3.47. The van der Waals surface area contributed by atoms with Gasteiger partial charge in [0.15, 0.2) is 5.43 Å². The van der Waals surface area contributed by atoms with Gasteiger partial charge in [-0.2, -0.15) is 0 Å². The van der Waals surface area contributed by atoms with Gasteiger partial charge in [0.1, 0.15) is 24.0 Å². The third-order valence-corrected chi connectivity index (χ3v) is 8.03. The van der Waals surface area contributed by atoms with Crippen molar-refractivity contribution in [2.24, 2.45) is 11.8 Å². The van der Waals surface area contributed by atoms with Crippen molar-refractivity contribution in [1.82, 2.24) is 9.80 Å². The topological polar surface area (TPSA) is 97.1 Å². The first-order valence-electron chi connectivity index (χ1n) is 12.4. The fourth-order valence-corrected chi connectivity index (χ4v) is 6.31. The molecule has 0 N–H and O–H groups in total. The Balaban J connectivity index is 1.37. The summed E-state index contributed by atoms with van der Waals surface area (Å²) in [6, 6.07) is 15.8. The van der Waals surface area contributed by atoms with Crippen LogP contribution >= 0.6 is 0 Å². The van der Waals surface area contributed by atoms with Gasteiger partial charge in [0.25, 0.3) is 0 Å². The SMILES string of the molecule is CN1C(=O)[C@H]2[C@@H](C1=O)[C@@]1(C(=O)OCc3ccccc3)CCCN1[C@H]2/C=C/c1coc2ccccc2c1=O. The molecule has 37 heavy (non-hydrogen) atoms. The van der Waals surface area contributed by atoms with Crippen molar-refractivity contribution in [1.29, 1.82) is 0 Å². The van der Waals surface area contributed by atoms with Crippen molar-refractivity contribution in [2.45, 2.75) is 31.0 Å². The van der Waals surface area contributed by atoms with Crippen LogP contribution in [0.2, 0.25) is 0 Å². The van der Waals surface area contributed by atoms with E-state index in [2.05, 4.69) is 0 Å². The number of benzene rings is 2. The van der Waals surface area contributed by atoms with E-state index in [1.807, 2.05) is 35.2 Å². The molecule has 0 spiro atoms. The number of carbonyl (C=O) groups is 3. The molecular weight excluding hydrogens is 472 g/mol. The Bertz CT molecular complexity index is 1500. The minimum Gasteiger partial charge on any atom is -0.463 e. The molecule has 0 saturated carbocycles. The van der Waals surface area contributed by atoms with Crippen LogP contribution in [0.3, 0.4) is 0 Å². The lowest BCUT2D eigenvalue weighted by Gasteiger charge is -2.35. The van der Waals surface area contributed by atoms with Crippen LogP contribution in [0.4, 0.5) is 0 Å². The van der Waals surface area contributed by atoms with Crippen LogP contribution in [0.5, 0.6) is 0 Å². The summed E-state index contributed by atoms with van der Waals surface area (Å²) < 4.78 is 11.4. The van der Waals surface area contributed by atoms with E-state index in [0.717, 1.165) is 10.5 Å². The molecule has 3 aliphatic rings. The van der Waals surface area contributed by atoms with Crippen LogP contribution in [-0.4, -0.2) is 52.8 Å². The van der Waals surface area contributed by atoms with Gasteiger partial charge in [-0.1, -0.05) is 54.6 Å². The number of rotatable bonds is 5. The maximum absolute atomic E-state index is 13.7. The van der Waals surface area contributed by atoms with Crippen molar-refractivity contribution in [2.75, 3.05) is 13.6 Å². The average Bonchev–Trinajstić information content (AvgIpc) is 3.54. The van der Waals surface area contributed by atoms with Gasteiger partial charge in [-0.15, -0.1) is 0 Å². The Morgan fingerprint density at radius 3 is 2.65 bits per heavy atom. The number of para-hydroxylation sites is 1. The predicted octanol–water partition coefficient (Wildman–Crippen LogP) is 3.00. The summed E-state index contributed by atoms with van der Waals surface area (Å²) in [6.07, 6.45) is 5.92. The third-order valence-electron chi connectivity index (χ3n) is 8.03. The first-order chi connectivity index (χ1) is 17.9. The summed E-state index contributed by atoms with van der Waals surface area (Å²) in [5.41, 5.74) is 0.262. The fourth-order valence-electron chi connectivity index (χ4n) is 6.31. The number of nitrogens with zero attached hydrogens (tertiary/aromatic N) is 2. The first kappa shape index (κ1) is 23.4. The number of carbonyl (C=O) groups excluding carboxylic acids is 3. The molecule has 3 saturated heterocycles. The number of amides is 2. The van der Waals surface area contributed by atoms with Gasteiger partial charge in [0.05, 0.1) is 22.8 Å². The molecule has 3 aliphatic heterocycles. The highest BCUT2D eigenvalue weighted by atomic mass is 16.5. The second kappa shape index (κ2) is 8.81. The van der Waals surface area contributed by atoms with E-state index < -0.39 is 29.4 Å². The first-order valence-corrected chi connectivity index (χ1v) is 12.4. The Hall–Kier alpha value is -4.04. The van der Waals surface area contributed by atoms with Gasteiger partial charge >= 0.3 is 5.97 Å². The fraction of sp³-hybridized carbons (Fsp3) is 0.310. The van der Waals surface area contributed by atoms with Crippen molar-refractivity contribution in [3.05, 3.63) is 88.3 Å².